The molecule has 1 aliphatic heterocycles. The zero-order chi connectivity index (χ0) is 22.9. The Morgan fingerprint density at radius 2 is 1.69 bits per heavy atom. The SMILES string of the molecule is Cc1cc(C(=O)N2CCN(Cc3ccc(C(F)(F)F)cc3)CC2)c(C)n1-c1ccccn1. The molecule has 5 nitrogen and oxygen atoms in total. The van der Waals surface area contributed by atoms with Crippen molar-refractivity contribution in [2.45, 2.75) is 26.6 Å². The second-order valence-electron chi connectivity index (χ2n) is 8.07. The molecule has 3 heterocycles. The molecule has 2 aromatic heterocycles. The Bertz CT molecular complexity index is 1080. The lowest BCUT2D eigenvalue weighted by Crippen LogP contribution is -2.48. The average molecular weight is 442 g/mol. The monoisotopic (exact) mass is 442 g/mol. The van der Waals surface area contributed by atoms with Gasteiger partial charge < -0.3 is 9.47 Å². The molecule has 1 aromatic carbocycles. The molecule has 1 fully saturated rings. The van der Waals surface area contributed by atoms with Gasteiger partial charge in [0.05, 0.1) is 11.1 Å². The topological polar surface area (TPSA) is 41.4 Å². The van der Waals surface area contributed by atoms with Crippen molar-refractivity contribution in [2.75, 3.05) is 26.2 Å². The predicted molar refractivity (Wildman–Crippen MR) is 116 cm³/mol. The van der Waals surface area contributed by atoms with Gasteiger partial charge in [-0.05, 0) is 49.7 Å². The molecule has 4 rings (SSSR count). The first kappa shape index (κ1) is 22.1. The van der Waals surface area contributed by atoms with Crippen LogP contribution in [0.25, 0.3) is 5.82 Å². The number of piperazine rings is 1. The normalized spacial score (nSPS) is 15.2. The third-order valence-electron chi connectivity index (χ3n) is 5.89. The quantitative estimate of drug-likeness (QED) is 0.599. The number of carbonyl (C=O) groups is 1. The van der Waals surface area contributed by atoms with Gasteiger partial charge in [0, 0.05) is 50.3 Å². The Kier molecular flexibility index (Phi) is 6.06. The van der Waals surface area contributed by atoms with Crippen LogP contribution in [0.3, 0.4) is 0 Å². The lowest BCUT2D eigenvalue weighted by atomic mass is 10.1. The number of hydrogen-bond donors (Lipinski definition) is 0. The summed E-state index contributed by atoms with van der Waals surface area (Å²) < 4.78 is 40.2. The van der Waals surface area contributed by atoms with Gasteiger partial charge in [0.1, 0.15) is 5.82 Å². The Hall–Kier alpha value is -3.13. The van der Waals surface area contributed by atoms with Crippen molar-refractivity contribution < 1.29 is 18.0 Å². The van der Waals surface area contributed by atoms with Crippen molar-refractivity contribution in [2.24, 2.45) is 0 Å². The second kappa shape index (κ2) is 8.78. The number of nitrogens with zero attached hydrogens (tertiary/aromatic N) is 4. The number of amides is 1. The molecule has 32 heavy (non-hydrogen) atoms. The zero-order valence-corrected chi connectivity index (χ0v) is 18.1. The van der Waals surface area contributed by atoms with E-state index in [1.54, 1.807) is 6.20 Å². The minimum Gasteiger partial charge on any atom is -0.336 e. The Labute approximate surface area is 185 Å². The first-order valence-electron chi connectivity index (χ1n) is 10.5. The number of pyridine rings is 1. The van der Waals surface area contributed by atoms with E-state index in [1.165, 1.54) is 12.1 Å². The van der Waals surface area contributed by atoms with E-state index in [1.807, 2.05) is 47.6 Å². The number of halogens is 3. The number of rotatable bonds is 4. The maximum Gasteiger partial charge on any atom is 0.416 e. The molecule has 1 amide bonds. The fraction of sp³-hybridized carbons (Fsp3) is 0.333. The maximum atomic E-state index is 13.2. The molecule has 0 unspecified atom stereocenters. The molecule has 3 aromatic rings. The van der Waals surface area contributed by atoms with Gasteiger partial charge >= 0.3 is 6.18 Å². The van der Waals surface area contributed by atoms with Crippen molar-refractivity contribution in [3.63, 3.8) is 0 Å². The number of hydrogen-bond acceptors (Lipinski definition) is 3. The summed E-state index contributed by atoms with van der Waals surface area (Å²) in [5.41, 5.74) is 2.67. The van der Waals surface area contributed by atoms with Crippen LogP contribution in [0.2, 0.25) is 0 Å². The van der Waals surface area contributed by atoms with E-state index in [9.17, 15) is 18.0 Å². The van der Waals surface area contributed by atoms with Crippen molar-refractivity contribution in [3.05, 3.63) is 82.8 Å². The van der Waals surface area contributed by atoms with E-state index in [0.29, 0.717) is 38.3 Å². The molecular formula is C24H25F3N4O. The van der Waals surface area contributed by atoms with Crippen LogP contribution in [0, 0.1) is 13.8 Å². The standard InChI is InChI=1S/C24H25F3N4O/c1-17-15-21(18(2)31(17)22-5-3-4-10-28-22)23(32)30-13-11-29(12-14-30)16-19-6-8-20(9-7-19)24(25,26)27/h3-10,15H,11-14,16H2,1-2H3. The largest absolute Gasteiger partial charge is 0.416 e. The fourth-order valence-electron chi connectivity index (χ4n) is 4.15. The molecule has 0 N–H and O–H groups in total. The van der Waals surface area contributed by atoms with Gasteiger partial charge in [-0.3, -0.25) is 9.69 Å². The van der Waals surface area contributed by atoms with Crippen LogP contribution in [-0.2, 0) is 12.7 Å². The average Bonchev–Trinajstić information content (AvgIpc) is 3.08. The number of aromatic nitrogens is 2. The van der Waals surface area contributed by atoms with Gasteiger partial charge in [-0.25, -0.2) is 4.98 Å². The van der Waals surface area contributed by atoms with E-state index in [2.05, 4.69) is 9.88 Å². The molecule has 0 aliphatic carbocycles. The van der Waals surface area contributed by atoms with Gasteiger partial charge in [0.15, 0.2) is 0 Å². The van der Waals surface area contributed by atoms with Crippen LogP contribution in [0.4, 0.5) is 13.2 Å². The number of benzene rings is 1. The molecule has 168 valence electrons. The van der Waals surface area contributed by atoms with Crippen LogP contribution >= 0.6 is 0 Å². The van der Waals surface area contributed by atoms with E-state index >= 15 is 0 Å². The first-order chi connectivity index (χ1) is 15.2. The fourth-order valence-corrected chi connectivity index (χ4v) is 4.15. The summed E-state index contributed by atoms with van der Waals surface area (Å²) in [6, 6.07) is 12.9. The first-order valence-corrected chi connectivity index (χ1v) is 10.5. The molecule has 1 saturated heterocycles. The Balaban J connectivity index is 1.39. The van der Waals surface area contributed by atoms with Crippen molar-refractivity contribution >= 4 is 5.91 Å². The predicted octanol–water partition coefficient (Wildman–Crippen LogP) is 4.47. The van der Waals surface area contributed by atoms with Crippen LogP contribution in [0.5, 0.6) is 0 Å². The minimum atomic E-state index is -4.32. The molecule has 0 atom stereocenters. The summed E-state index contributed by atoms with van der Waals surface area (Å²) >= 11 is 0. The molecule has 8 heteroatoms. The van der Waals surface area contributed by atoms with Crippen LogP contribution in [-0.4, -0.2) is 51.4 Å². The number of carbonyl (C=O) groups excluding carboxylic acids is 1. The van der Waals surface area contributed by atoms with E-state index in [4.69, 9.17) is 0 Å². The highest BCUT2D eigenvalue weighted by Gasteiger charge is 2.30. The van der Waals surface area contributed by atoms with Gasteiger partial charge in [0.25, 0.3) is 5.91 Å². The number of alkyl halides is 3. The molecule has 0 radical (unpaired) electrons. The summed E-state index contributed by atoms with van der Waals surface area (Å²) in [4.78, 5) is 21.6. The van der Waals surface area contributed by atoms with E-state index < -0.39 is 11.7 Å². The number of aryl methyl sites for hydroxylation is 1. The van der Waals surface area contributed by atoms with E-state index in [0.717, 1.165) is 34.9 Å². The van der Waals surface area contributed by atoms with E-state index in [-0.39, 0.29) is 5.91 Å². The highest BCUT2D eigenvalue weighted by atomic mass is 19.4. The smallest absolute Gasteiger partial charge is 0.336 e. The molecular weight excluding hydrogens is 417 g/mol. The lowest BCUT2D eigenvalue weighted by molar-refractivity contribution is -0.137. The summed E-state index contributed by atoms with van der Waals surface area (Å²) in [5.74, 6) is 0.775. The summed E-state index contributed by atoms with van der Waals surface area (Å²) in [7, 11) is 0. The second-order valence-corrected chi connectivity index (χ2v) is 8.07. The van der Waals surface area contributed by atoms with Gasteiger partial charge in [0.2, 0.25) is 0 Å². The summed E-state index contributed by atoms with van der Waals surface area (Å²) in [5, 5.41) is 0. The molecule has 0 spiro atoms. The molecule has 1 aliphatic rings. The van der Waals surface area contributed by atoms with Crippen LogP contribution < -0.4 is 0 Å². The van der Waals surface area contributed by atoms with Crippen LogP contribution in [0.1, 0.15) is 32.9 Å². The third-order valence-corrected chi connectivity index (χ3v) is 5.89. The van der Waals surface area contributed by atoms with Gasteiger partial charge in [-0.2, -0.15) is 13.2 Å². The molecule has 0 bridgehead atoms. The lowest BCUT2D eigenvalue weighted by Gasteiger charge is -2.34. The minimum absolute atomic E-state index is 0.00513. The Morgan fingerprint density at radius 1 is 1.00 bits per heavy atom. The highest BCUT2D eigenvalue weighted by Crippen LogP contribution is 2.29. The molecule has 0 saturated carbocycles. The van der Waals surface area contributed by atoms with Crippen molar-refractivity contribution in [1.82, 2.24) is 19.4 Å². The summed E-state index contributed by atoms with van der Waals surface area (Å²) in [6.45, 7) is 6.95. The third kappa shape index (κ3) is 4.55. The highest BCUT2D eigenvalue weighted by molar-refractivity contribution is 5.96. The summed E-state index contributed by atoms with van der Waals surface area (Å²) in [6.07, 6.45) is -2.60. The van der Waals surface area contributed by atoms with Crippen molar-refractivity contribution in [1.29, 1.82) is 0 Å². The Morgan fingerprint density at radius 3 is 2.28 bits per heavy atom. The van der Waals surface area contributed by atoms with Gasteiger partial charge in [-0.15, -0.1) is 0 Å². The maximum absolute atomic E-state index is 13.2. The van der Waals surface area contributed by atoms with Crippen molar-refractivity contribution in [3.8, 4) is 5.82 Å². The zero-order valence-electron chi connectivity index (χ0n) is 18.1. The van der Waals surface area contributed by atoms with Crippen LogP contribution in [0.15, 0.2) is 54.7 Å². The van der Waals surface area contributed by atoms with Gasteiger partial charge in [-0.1, -0.05) is 18.2 Å².